The van der Waals surface area contributed by atoms with Crippen LogP contribution in [0.2, 0.25) is 0 Å². The lowest BCUT2D eigenvalue weighted by molar-refractivity contribution is -0.363. The van der Waals surface area contributed by atoms with Gasteiger partial charge in [-0.3, -0.25) is 0 Å². The Morgan fingerprint density at radius 2 is 1.15 bits per heavy atom. The predicted molar refractivity (Wildman–Crippen MR) is 172 cm³/mol. The number of fused-ring (bicyclic) bond motifs is 1. The van der Waals surface area contributed by atoms with Crippen LogP contribution in [0, 0.1) is 0 Å². The summed E-state index contributed by atoms with van der Waals surface area (Å²) in [6.45, 7) is -2.43. The highest BCUT2D eigenvalue weighted by Crippen LogP contribution is 2.41. The Bertz CT molecular complexity index is 1620. The van der Waals surface area contributed by atoms with Crippen molar-refractivity contribution in [2.45, 2.75) is 98.2 Å². The summed E-state index contributed by atoms with van der Waals surface area (Å²) in [6.07, 6.45) is -23.7. The number of aliphatic hydroxyl groups excluding tert-OH is 12. The van der Waals surface area contributed by atoms with Crippen LogP contribution < -0.4 is 0 Å². The number of phenolic OH excluding ortho intramolecular Hbond substituents is 2. The van der Waals surface area contributed by atoms with Gasteiger partial charge in [0, 0.05) is 18.2 Å². The van der Waals surface area contributed by atoms with E-state index in [1.54, 1.807) is 0 Å². The predicted octanol–water partition coefficient (Wildman–Crippen LogP) is -5.60. The molecule has 21 heteroatoms. The molecule has 4 heterocycles. The molecular formula is C33H43O21+. The molecule has 1 aliphatic carbocycles. The van der Waals surface area contributed by atoms with Gasteiger partial charge in [0.1, 0.15) is 78.7 Å². The summed E-state index contributed by atoms with van der Waals surface area (Å²) >= 11 is 0. The van der Waals surface area contributed by atoms with Crippen molar-refractivity contribution in [2.24, 2.45) is 0 Å². The van der Waals surface area contributed by atoms with E-state index in [1.807, 2.05) is 0 Å². The monoisotopic (exact) mass is 775 g/mol. The molecule has 300 valence electrons. The zero-order chi connectivity index (χ0) is 39.2. The number of ether oxygens (including phenoxy) is 7. The molecule has 6 rings (SSSR count). The molecule has 0 spiro atoms. The Hall–Kier alpha value is -3.62. The first-order chi connectivity index (χ1) is 25.7. The number of hydrogen-bond donors (Lipinski definition) is 14. The third-order valence-corrected chi connectivity index (χ3v) is 9.55. The van der Waals surface area contributed by atoms with E-state index < -0.39 is 130 Å². The lowest BCUT2D eigenvalue weighted by atomic mass is 9.95. The van der Waals surface area contributed by atoms with Crippen molar-refractivity contribution in [3.05, 3.63) is 64.8 Å². The second-order valence-corrected chi connectivity index (χ2v) is 13.1. The summed E-state index contributed by atoms with van der Waals surface area (Å²) in [5.41, 5.74) is 0.198. The van der Waals surface area contributed by atoms with E-state index in [4.69, 9.17) is 28.4 Å². The first kappa shape index (κ1) is 40.1. The molecule has 4 aliphatic heterocycles. The topological polar surface area (TPSA) is 351 Å². The Labute approximate surface area is 304 Å². The van der Waals surface area contributed by atoms with Crippen molar-refractivity contribution in [1.82, 2.24) is 0 Å². The van der Waals surface area contributed by atoms with Crippen molar-refractivity contribution in [1.29, 1.82) is 0 Å². The van der Waals surface area contributed by atoms with Gasteiger partial charge >= 0.3 is 5.76 Å². The highest BCUT2D eigenvalue weighted by molar-refractivity contribution is 5.69. The van der Waals surface area contributed by atoms with Crippen LogP contribution in [-0.4, -0.2) is 194 Å². The van der Waals surface area contributed by atoms with Crippen LogP contribution in [0.15, 0.2) is 59.3 Å². The molecule has 54 heavy (non-hydrogen) atoms. The molecule has 0 amide bonds. The largest absolute Gasteiger partial charge is 0.571 e. The third-order valence-electron chi connectivity index (χ3n) is 9.55. The molecule has 15 N–H and O–H groups in total. The summed E-state index contributed by atoms with van der Waals surface area (Å²) in [7, 11) is 0. The molecule has 1 aromatic rings. The number of phenols is 2. The molecule has 3 saturated heterocycles. The zero-order valence-corrected chi connectivity index (χ0v) is 28.0. The van der Waals surface area contributed by atoms with E-state index in [0.29, 0.717) is 0 Å². The summed E-state index contributed by atoms with van der Waals surface area (Å²) in [6, 6.07) is 3.58. The molecule has 0 bridgehead atoms. The van der Waals surface area contributed by atoms with Crippen LogP contribution in [0.5, 0.6) is 11.5 Å². The zero-order valence-electron chi connectivity index (χ0n) is 28.0. The van der Waals surface area contributed by atoms with Crippen molar-refractivity contribution >= 4 is 5.76 Å². The van der Waals surface area contributed by atoms with Gasteiger partial charge in [0.25, 0.3) is 0 Å². The maximum Gasteiger partial charge on any atom is 0.305 e. The summed E-state index contributed by atoms with van der Waals surface area (Å²) in [5.74, 6) is -2.03. The van der Waals surface area contributed by atoms with Crippen LogP contribution >= 0.6 is 0 Å². The van der Waals surface area contributed by atoms with Gasteiger partial charge in [0.05, 0.1) is 37.0 Å². The lowest BCUT2D eigenvalue weighted by Crippen LogP contribution is -2.64. The fourth-order valence-corrected chi connectivity index (χ4v) is 6.46. The smallest absolute Gasteiger partial charge is 0.305 e. The number of aliphatic hydroxyl groups is 14. The van der Waals surface area contributed by atoms with Crippen molar-refractivity contribution in [3.8, 4) is 11.5 Å². The van der Waals surface area contributed by atoms with Gasteiger partial charge in [0.2, 0.25) is 24.4 Å². The third kappa shape index (κ3) is 7.62. The van der Waals surface area contributed by atoms with E-state index in [1.165, 1.54) is 18.2 Å². The Morgan fingerprint density at radius 1 is 0.593 bits per heavy atom. The number of aromatic hydroxyl groups is 2. The average Bonchev–Trinajstić information content (AvgIpc) is 3.15. The van der Waals surface area contributed by atoms with Crippen molar-refractivity contribution in [3.63, 3.8) is 0 Å². The Kier molecular flexibility index (Phi) is 12.0. The second-order valence-electron chi connectivity index (χ2n) is 13.1. The number of benzene rings is 1. The van der Waals surface area contributed by atoms with Gasteiger partial charge in [-0.15, -0.1) is 0 Å². The fourth-order valence-electron chi connectivity index (χ4n) is 6.46. The van der Waals surface area contributed by atoms with E-state index in [9.17, 15) is 71.5 Å². The number of hydrogen-bond acceptors (Lipinski definition) is 20. The van der Waals surface area contributed by atoms with Crippen LogP contribution in [-0.2, 0) is 28.4 Å². The highest BCUT2D eigenvalue weighted by Gasteiger charge is 2.52. The standard InChI is InChI=1S/C33H42O21/c34-7-18-21(40)24(43)27(46)31(51-18)49-16-5-11(37)4-15-12(16)6-17(29(48-15)10-1-2-13(38)14(39)3-10)50-33-30(26(45)23(42)20(9-36)53-33)54-32-28(47)25(44)22(41)19(8-35)52-32/h1-6,15,18-28,30-47H,7-9H2/p+1/t15?,18-,19-,20-,21-,22-,23-,24+,25+,26+,27-,28-,30-,31-,32+,33-/m1/s1. The molecular weight excluding hydrogens is 732 g/mol. The average molecular weight is 776 g/mol. The number of allylic oxidation sites excluding steroid dienone is 2. The molecule has 0 saturated carbocycles. The molecule has 0 radical (unpaired) electrons. The van der Waals surface area contributed by atoms with E-state index >= 15 is 0 Å². The van der Waals surface area contributed by atoms with Crippen LogP contribution in [0.1, 0.15) is 5.56 Å². The summed E-state index contributed by atoms with van der Waals surface area (Å²) < 4.78 is 39.1. The molecule has 3 fully saturated rings. The van der Waals surface area contributed by atoms with Crippen LogP contribution in [0.25, 0.3) is 5.76 Å². The van der Waals surface area contributed by atoms with Gasteiger partial charge in [0.15, 0.2) is 23.9 Å². The second kappa shape index (κ2) is 16.2. The van der Waals surface area contributed by atoms with E-state index in [2.05, 4.69) is 4.74 Å². The maximum atomic E-state index is 11.2. The maximum absolute atomic E-state index is 11.2. The highest BCUT2D eigenvalue weighted by atomic mass is 16.8. The summed E-state index contributed by atoms with van der Waals surface area (Å²) in [4.78, 5) is 0. The van der Waals surface area contributed by atoms with Crippen molar-refractivity contribution in [2.75, 3.05) is 19.8 Å². The Balaban J connectivity index is 1.39. The van der Waals surface area contributed by atoms with Gasteiger partial charge < -0.3 is 105 Å². The minimum Gasteiger partial charge on any atom is -0.571 e. The minimum atomic E-state index is -1.96. The lowest BCUT2D eigenvalue weighted by Gasteiger charge is -2.46. The van der Waals surface area contributed by atoms with Crippen LogP contribution in [0.3, 0.4) is 0 Å². The Morgan fingerprint density at radius 3 is 1.74 bits per heavy atom. The first-order valence-electron chi connectivity index (χ1n) is 16.7. The molecule has 1 aromatic carbocycles. The van der Waals surface area contributed by atoms with Gasteiger partial charge in [-0.05, 0) is 12.1 Å². The van der Waals surface area contributed by atoms with Gasteiger partial charge in [-0.25, -0.2) is 0 Å². The minimum absolute atomic E-state index is 0.0893. The van der Waals surface area contributed by atoms with Crippen LogP contribution in [0.4, 0.5) is 0 Å². The normalized spacial score (nSPS) is 41.2. The quantitative estimate of drug-likeness (QED) is 0.0778. The number of rotatable bonds is 10. The van der Waals surface area contributed by atoms with E-state index in [-0.39, 0.29) is 34.2 Å². The molecule has 5 aliphatic rings. The molecule has 21 nitrogen and oxygen atoms in total. The van der Waals surface area contributed by atoms with Gasteiger partial charge in [-0.1, -0.05) is 0 Å². The van der Waals surface area contributed by atoms with Crippen molar-refractivity contribution < 1.29 is 105 Å². The first-order valence-corrected chi connectivity index (χ1v) is 16.7. The van der Waals surface area contributed by atoms with Gasteiger partial charge in [-0.2, -0.15) is 0 Å². The molecule has 16 atom stereocenters. The summed E-state index contributed by atoms with van der Waals surface area (Å²) in [5, 5.41) is 144. The molecule has 1 unspecified atom stereocenters. The SMILES string of the molecule is OC[C@H]1O[C@@H](OC2=CC(O)=CC3[OH+]C(c4ccc(O)c(O)c4)=C(O[C@@H]4O[C@H](CO)[C@@H](O)[C@H](O)[C@H]4O[C@@H]4O[C@H](CO)[C@@H](O)[C@H](O)[C@H]4O)C=C23)[C@H](O)[C@@H](O)[C@@H]1O. The molecule has 0 aromatic heterocycles. The van der Waals surface area contributed by atoms with E-state index in [0.717, 1.165) is 18.2 Å². The fraction of sp³-hybridized carbons (Fsp3) is 0.576.